The number of alkyl halides is 1. The second-order valence-corrected chi connectivity index (χ2v) is 3.60. The van der Waals surface area contributed by atoms with E-state index in [1.165, 1.54) is 0 Å². The number of thiol groups is 1. The van der Waals surface area contributed by atoms with E-state index in [-0.39, 0.29) is 0 Å². The van der Waals surface area contributed by atoms with E-state index in [9.17, 15) is 0 Å². The van der Waals surface area contributed by atoms with Crippen LogP contribution in [0.1, 0.15) is 12.0 Å². The van der Waals surface area contributed by atoms with Crippen molar-refractivity contribution in [3.63, 3.8) is 0 Å². The van der Waals surface area contributed by atoms with Gasteiger partial charge in [-0.15, -0.1) is 12.6 Å². The molecule has 0 amide bonds. The zero-order valence-electron chi connectivity index (χ0n) is 6.55. The summed E-state index contributed by atoms with van der Waals surface area (Å²) in [6.45, 7) is 0. The molecular formula is C10H9BrS. The largest absolute Gasteiger partial charge is 0.143 e. The summed E-state index contributed by atoms with van der Waals surface area (Å²) in [5.41, 5.74) is 1.03. The smallest absolute Gasteiger partial charge is 0.0256 e. The lowest BCUT2D eigenvalue weighted by Gasteiger charge is -1.90. The van der Waals surface area contributed by atoms with Crippen LogP contribution >= 0.6 is 28.6 Å². The Bertz CT molecular complexity index is 309. The Morgan fingerprint density at radius 2 is 2.25 bits per heavy atom. The van der Waals surface area contributed by atoms with Crippen molar-refractivity contribution in [1.82, 2.24) is 0 Å². The van der Waals surface area contributed by atoms with Crippen molar-refractivity contribution in [2.75, 3.05) is 5.33 Å². The Hall–Kier alpha value is -0.390. The van der Waals surface area contributed by atoms with Gasteiger partial charge in [-0.3, -0.25) is 0 Å². The molecule has 2 heteroatoms. The van der Waals surface area contributed by atoms with Crippen LogP contribution in [-0.2, 0) is 0 Å². The van der Waals surface area contributed by atoms with Crippen molar-refractivity contribution in [3.05, 3.63) is 29.8 Å². The van der Waals surface area contributed by atoms with Gasteiger partial charge < -0.3 is 0 Å². The standard InChI is InChI=1S/C10H9BrS/c11-7-2-1-4-9-5-3-6-10(12)8-9/h3,5-6,8,12H,2,7H2. The van der Waals surface area contributed by atoms with Gasteiger partial charge in [-0.1, -0.05) is 33.8 Å². The van der Waals surface area contributed by atoms with Crippen LogP contribution in [0.4, 0.5) is 0 Å². The zero-order chi connectivity index (χ0) is 8.81. The van der Waals surface area contributed by atoms with E-state index < -0.39 is 0 Å². The molecule has 0 bridgehead atoms. The van der Waals surface area contributed by atoms with E-state index in [0.29, 0.717) is 0 Å². The van der Waals surface area contributed by atoms with Crippen LogP contribution in [0.5, 0.6) is 0 Å². The molecule has 0 nitrogen and oxygen atoms in total. The molecule has 0 aliphatic heterocycles. The van der Waals surface area contributed by atoms with Crippen molar-refractivity contribution in [2.45, 2.75) is 11.3 Å². The van der Waals surface area contributed by atoms with Crippen LogP contribution in [0.25, 0.3) is 0 Å². The average Bonchev–Trinajstić information content (AvgIpc) is 2.05. The third-order valence-corrected chi connectivity index (χ3v) is 1.97. The lowest BCUT2D eigenvalue weighted by Crippen LogP contribution is -1.74. The van der Waals surface area contributed by atoms with Crippen molar-refractivity contribution in [2.24, 2.45) is 0 Å². The molecule has 0 atom stereocenters. The summed E-state index contributed by atoms with van der Waals surface area (Å²) in [6, 6.07) is 7.85. The first kappa shape index (κ1) is 9.70. The number of benzene rings is 1. The maximum Gasteiger partial charge on any atom is 0.0256 e. The molecule has 0 N–H and O–H groups in total. The lowest BCUT2D eigenvalue weighted by atomic mass is 10.2. The number of hydrogen-bond acceptors (Lipinski definition) is 1. The van der Waals surface area contributed by atoms with Crippen LogP contribution in [0.3, 0.4) is 0 Å². The summed E-state index contributed by atoms with van der Waals surface area (Å²) in [5.74, 6) is 6.11. The molecule has 12 heavy (non-hydrogen) atoms. The zero-order valence-corrected chi connectivity index (χ0v) is 9.03. The molecule has 0 spiro atoms. The summed E-state index contributed by atoms with van der Waals surface area (Å²) in [5, 5.41) is 0.931. The molecule has 1 rings (SSSR count). The fraction of sp³-hybridized carbons (Fsp3) is 0.200. The Labute approximate surface area is 86.9 Å². The second kappa shape index (κ2) is 5.29. The predicted octanol–water partition coefficient (Wildman–Crippen LogP) is 3.11. The van der Waals surface area contributed by atoms with Crippen molar-refractivity contribution in [3.8, 4) is 11.8 Å². The second-order valence-electron chi connectivity index (χ2n) is 2.29. The van der Waals surface area contributed by atoms with Gasteiger partial charge in [0.1, 0.15) is 0 Å². The van der Waals surface area contributed by atoms with Gasteiger partial charge in [-0.2, -0.15) is 0 Å². The molecule has 62 valence electrons. The van der Waals surface area contributed by atoms with E-state index in [1.54, 1.807) is 0 Å². The van der Waals surface area contributed by atoms with Gasteiger partial charge >= 0.3 is 0 Å². The van der Waals surface area contributed by atoms with Crippen LogP contribution in [-0.4, -0.2) is 5.33 Å². The summed E-state index contributed by atoms with van der Waals surface area (Å²) in [7, 11) is 0. The van der Waals surface area contributed by atoms with E-state index in [0.717, 1.165) is 22.2 Å². The minimum atomic E-state index is 0.886. The van der Waals surface area contributed by atoms with Crippen molar-refractivity contribution >= 4 is 28.6 Å². The molecule has 0 radical (unpaired) electrons. The maximum atomic E-state index is 4.22. The van der Waals surface area contributed by atoms with E-state index >= 15 is 0 Å². The van der Waals surface area contributed by atoms with Gasteiger partial charge in [0, 0.05) is 22.2 Å². The first-order valence-corrected chi connectivity index (χ1v) is 5.23. The molecular weight excluding hydrogens is 232 g/mol. The fourth-order valence-electron chi connectivity index (χ4n) is 0.795. The number of hydrogen-bond donors (Lipinski definition) is 1. The average molecular weight is 241 g/mol. The van der Waals surface area contributed by atoms with Crippen molar-refractivity contribution < 1.29 is 0 Å². The maximum absolute atomic E-state index is 4.22. The third-order valence-electron chi connectivity index (χ3n) is 1.30. The highest BCUT2D eigenvalue weighted by Crippen LogP contribution is 2.07. The van der Waals surface area contributed by atoms with Gasteiger partial charge in [0.25, 0.3) is 0 Å². The first-order chi connectivity index (χ1) is 5.83. The van der Waals surface area contributed by atoms with E-state index in [2.05, 4.69) is 40.4 Å². The van der Waals surface area contributed by atoms with Gasteiger partial charge in [0.15, 0.2) is 0 Å². The Kier molecular flexibility index (Phi) is 4.27. The Morgan fingerprint density at radius 1 is 1.42 bits per heavy atom. The van der Waals surface area contributed by atoms with E-state index in [4.69, 9.17) is 0 Å². The topological polar surface area (TPSA) is 0 Å². The predicted molar refractivity (Wildman–Crippen MR) is 59.0 cm³/mol. The fourth-order valence-corrected chi connectivity index (χ4v) is 1.22. The number of halogens is 1. The van der Waals surface area contributed by atoms with Crippen LogP contribution < -0.4 is 0 Å². The monoisotopic (exact) mass is 240 g/mol. The molecule has 0 heterocycles. The molecule has 0 aliphatic rings. The Balaban J connectivity index is 2.71. The highest BCUT2D eigenvalue weighted by atomic mass is 79.9. The molecule has 0 unspecified atom stereocenters. The minimum Gasteiger partial charge on any atom is -0.143 e. The third kappa shape index (κ3) is 3.34. The molecule has 0 saturated heterocycles. The number of rotatable bonds is 1. The molecule has 0 fully saturated rings. The summed E-state index contributed by atoms with van der Waals surface area (Å²) in [4.78, 5) is 0.959. The van der Waals surface area contributed by atoms with Gasteiger partial charge in [0.05, 0.1) is 0 Å². The molecule has 0 saturated carbocycles. The van der Waals surface area contributed by atoms with Crippen LogP contribution in [0, 0.1) is 11.8 Å². The van der Waals surface area contributed by atoms with E-state index in [1.807, 2.05) is 24.3 Å². The van der Waals surface area contributed by atoms with Gasteiger partial charge in [-0.05, 0) is 18.2 Å². The van der Waals surface area contributed by atoms with Gasteiger partial charge in [-0.25, -0.2) is 0 Å². The summed E-state index contributed by atoms with van der Waals surface area (Å²) >= 11 is 7.54. The quantitative estimate of drug-likeness (QED) is 0.436. The highest BCUT2D eigenvalue weighted by Gasteiger charge is 1.86. The summed E-state index contributed by atoms with van der Waals surface area (Å²) < 4.78 is 0. The highest BCUT2D eigenvalue weighted by molar-refractivity contribution is 9.09. The van der Waals surface area contributed by atoms with Crippen LogP contribution in [0.15, 0.2) is 29.2 Å². The Morgan fingerprint density at radius 3 is 2.92 bits per heavy atom. The minimum absolute atomic E-state index is 0.886. The molecule has 1 aromatic carbocycles. The van der Waals surface area contributed by atoms with Gasteiger partial charge in [0.2, 0.25) is 0 Å². The molecule has 0 aromatic heterocycles. The van der Waals surface area contributed by atoms with Crippen LogP contribution in [0.2, 0.25) is 0 Å². The summed E-state index contributed by atoms with van der Waals surface area (Å²) in [6.07, 6.45) is 0.886. The molecule has 0 aliphatic carbocycles. The SMILES string of the molecule is Sc1cccc(C#CCCBr)c1. The molecule has 1 aromatic rings. The lowest BCUT2D eigenvalue weighted by molar-refractivity contribution is 1.32. The normalized spacial score (nSPS) is 8.83. The first-order valence-electron chi connectivity index (χ1n) is 3.67. The van der Waals surface area contributed by atoms with Crippen molar-refractivity contribution in [1.29, 1.82) is 0 Å².